The first-order valence-corrected chi connectivity index (χ1v) is 8.72. The fraction of sp³-hybridized carbons (Fsp3) is 0.500. The summed E-state index contributed by atoms with van der Waals surface area (Å²) in [6, 6.07) is 2.50. The number of hydrogen-bond donors (Lipinski definition) is 2. The molecule has 1 atom stereocenters. The maximum atomic E-state index is 14.0. The van der Waals surface area contributed by atoms with Crippen molar-refractivity contribution in [1.29, 1.82) is 0 Å². The summed E-state index contributed by atoms with van der Waals surface area (Å²) in [6.07, 6.45) is 0.864. The molecular formula is C14H19FN2O3S. The van der Waals surface area contributed by atoms with Gasteiger partial charge in [0.05, 0.1) is 11.4 Å². The van der Waals surface area contributed by atoms with E-state index in [1.807, 2.05) is 0 Å². The lowest BCUT2D eigenvalue weighted by molar-refractivity contribution is -0.116. The third kappa shape index (κ3) is 3.93. The highest BCUT2D eigenvalue weighted by molar-refractivity contribution is 7.91. The van der Waals surface area contributed by atoms with Gasteiger partial charge in [0.15, 0.2) is 9.84 Å². The van der Waals surface area contributed by atoms with Crippen molar-refractivity contribution in [3.05, 3.63) is 23.5 Å². The maximum Gasteiger partial charge on any atom is 0.224 e. The average molecular weight is 314 g/mol. The highest BCUT2D eigenvalue weighted by Gasteiger charge is 2.19. The van der Waals surface area contributed by atoms with Crippen molar-refractivity contribution in [2.45, 2.75) is 32.7 Å². The van der Waals surface area contributed by atoms with Gasteiger partial charge in [-0.2, -0.15) is 0 Å². The minimum absolute atomic E-state index is 0.0573. The first kappa shape index (κ1) is 15.8. The third-order valence-corrected chi connectivity index (χ3v) is 5.32. The van der Waals surface area contributed by atoms with Gasteiger partial charge in [0.1, 0.15) is 5.82 Å². The van der Waals surface area contributed by atoms with Crippen LogP contribution in [0.25, 0.3) is 0 Å². The predicted molar refractivity (Wildman–Crippen MR) is 80.8 cm³/mol. The standard InChI is InChI=1S/C14H19FN2O3S/c1-3-21(19,20)8-9(2)16-13-7-12-10(6-11(13)15)4-5-14(18)17-12/h6-7,9,16H,3-5,8H2,1-2H3,(H,17,18). The molecule has 0 spiro atoms. The first-order valence-electron chi connectivity index (χ1n) is 6.90. The molecule has 0 fully saturated rings. The van der Waals surface area contributed by atoms with Gasteiger partial charge in [0.25, 0.3) is 0 Å². The molecule has 1 unspecified atom stereocenters. The van der Waals surface area contributed by atoms with E-state index >= 15 is 0 Å². The summed E-state index contributed by atoms with van der Waals surface area (Å²) in [5, 5.41) is 5.56. The lowest BCUT2D eigenvalue weighted by atomic mass is 10.0. The van der Waals surface area contributed by atoms with Gasteiger partial charge in [-0.15, -0.1) is 0 Å². The van der Waals surface area contributed by atoms with Gasteiger partial charge in [-0.3, -0.25) is 4.79 Å². The molecule has 7 heteroatoms. The van der Waals surface area contributed by atoms with Crippen LogP contribution in [0.1, 0.15) is 25.8 Å². The largest absolute Gasteiger partial charge is 0.379 e. The molecule has 2 N–H and O–H groups in total. The molecule has 2 rings (SSSR count). The van der Waals surface area contributed by atoms with Gasteiger partial charge in [0, 0.05) is 23.9 Å². The highest BCUT2D eigenvalue weighted by atomic mass is 32.2. The van der Waals surface area contributed by atoms with Gasteiger partial charge < -0.3 is 10.6 Å². The number of aryl methyl sites for hydroxylation is 1. The molecule has 1 aromatic carbocycles. The summed E-state index contributed by atoms with van der Waals surface area (Å²) >= 11 is 0. The minimum atomic E-state index is -3.13. The highest BCUT2D eigenvalue weighted by Crippen LogP contribution is 2.29. The second-order valence-corrected chi connectivity index (χ2v) is 7.68. The van der Waals surface area contributed by atoms with Crippen molar-refractivity contribution in [1.82, 2.24) is 0 Å². The molecule has 1 amide bonds. The molecule has 1 aliphatic heterocycles. The smallest absolute Gasteiger partial charge is 0.224 e. The number of anilines is 2. The molecule has 0 saturated carbocycles. The monoisotopic (exact) mass is 314 g/mol. The summed E-state index contributed by atoms with van der Waals surface area (Å²) in [4.78, 5) is 11.4. The number of fused-ring (bicyclic) bond motifs is 1. The molecular weight excluding hydrogens is 295 g/mol. The molecule has 0 aromatic heterocycles. The van der Waals surface area contributed by atoms with Crippen molar-refractivity contribution >= 4 is 27.1 Å². The Morgan fingerprint density at radius 1 is 1.38 bits per heavy atom. The van der Waals surface area contributed by atoms with Crippen LogP contribution in [0, 0.1) is 5.82 Å². The van der Waals surface area contributed by atoms with Crippen LogP contribution in [0.4, 0.5) is 15.8 Å². The van der Waals surface area contributed by atoms with Crippen LogP contribution in [0.5, 0.6) is 0 Å². The normalized spacial score (nSPS) is 16.0. The number of hydrogen-bond acceptors (Lipinski definition) is 4. The van der Waals surface area contributed by atoms with Crippen molar-refractivity contribution in [2.24, 2.45) is 0 Å². The molecule has 0 aliphatic carbocycles. The SMILES string of the molecule is CCS(=O)(=O)CC(C)Nc1cc2c(cc1F)CCC(=O)N2. The molecule has 1 aliphatic rings. The van der Waals surface area contributed by atoms with E-state index in [-0.39, 0.29) is 23.1 Å². The number of rotatable bonds is 5. The summed E-state index contributed by atoms with van der Waals surface area (Å²) < 4.78 is 37.2. The minimum Gasteiger partial charge on any atom is -0.379 e. The molecule has 5 nitrogen and oxygen atoms in total. The van der Waals surface area contributed by atoms with E-state index < -0.39 is 21.7 Å². The molecule has 0 saturated heterocycles. The van der Waals surface area contributed by atoms with Gasteiger partial charge in [-0.25, -0.2) is 12.8 Å². The summed E-state index contributed by atoms with van der Waals surface area (Å²) in [6.45, 7) is 3.27. The summed E-state index contributed by atoms with van der Waals surface area (Å²) in [7, 11) is -3.13. The Bertz CT molecular complexity index is 658. The Balaban J connectivity index is 2.17. The molecule has 0 radical (unpaired) electrons. The molecule has 21 heavy (non-hydrogen) atoms. The van der Waals surface area contributed by atoms with E-state index in [9.17, 15) is 17.6 Å². The lowest BCUT2D eigenvalue weighted by Gasteiger charge is -2.21. The predicted octanol–water partition coefficient (Wildman–Crippen LogP) is 1.95. The molecule has 1 aromatic rings. The van der Waals surface area contributed by atoms with Crippen LogP contribution in [-0.2, 0) is 21.1 Å². The van der Waals surface area contributed by atoms with E-state index in [0.29, 0.717) is 18.5 Å². The summed E-state index contributed by atoms with van der Waals surface area (Å²) in [5.41, 5.74) is 1.54. The number of amides is 1. The van der Waals surface area contributed by atoms with Crippen LogP contribution < -0.4 is 10.6 Å². The van der Waals surface area contributed by atoms with Gasteiger partial charge in [-0.1, -0.05) is 6.92 Å². The van der Waals surface area contributed by atoms with Crippen molar-refractivity contribution in [3.63, 3.8) is 0 Å². The Morgan fingerprint density at radius 2 is 2.10 bits per heavy atom. The van der Waals surface area contributed by atoms with Crippen LogP contribution in [0.3, 0.4) is 0 Å². The fourth-order valence-electron chi connectivity index (χ4n) is 2.32. The van der Waals surface area contributed by atoms with E-state index in [0.717, 1.165) is 5.56 Å². The zero-order valence-corrected chi connectivity index (χ0v) is 12.9. The van der Waals surface area contributed by atoms with Crippen molar-refractivity contribution in [2.75, 3.05) is 22.1 Å². The Kier molecular flexibility index (Phi) is 4.51. The zero-order valence-electron chi connectivity index (χ0n) is 12.1. The van der Waals surface area contributed by atoms with Crippen LogP contribution in [0.15, 0.2) is 12.1 Å². The summed E-state index contributed by atoms with van der Waals surface area (Å²) in [5.74, 6) is -0.541. The first-order chi connectivity index (χ1) is 9.80. The quantitative estimate of drug-likeness (QED) is 0.871. The second-order valence-electron chi connectivity index (χ2n) is 5.28. The van der Waals surface area contributed by atoms with Gasteiger partial charge in [0.2, 0.25) is 5.91 Å². The Morgan fingerprint density at radius 3 is 2.76 bits per heavy atom. The lowest BCUT2D eigenvalue weighted by Crippen LogP contribution is -2.27. The number of carbonyl (C=O) groups is 1. The maximum absolute atomic E-state index is 14.0. The number of sulfone groups is 1. The van der Waals surface area contributed by atoms with Crippen molar-refractivity contribution in [3.8, 4) is 0 Å². The average Bonchev–Trinajstić information content (AvgIpc) is 2.39. The molecule has 1 heterocycles. The molecule has 116 valence electrons. The van der Waals surface area contributed by atoms with E-state index in [1.54, 1.807) is 13.8 Å². The number of halogens is 1. The third-order valence-electron chi connectivity index (χ3n) is 3.43. The van der Waals surface area contributed by atoms with Gasteiger partial charge in [-0.05, 0) is 31.0 Å². The van der Waals surface area contributed by atoms with Crippen LogP contribution in [0.2, 0.25) is 0 Å². The van der Waals surface area contributed by atoms with Crippen molar-refractivity contribution < 1.29 is 17.6 Å². The number of nitrogens with one attached hydrogen (secondary N) is 2. The topological polar surface area (TPSA) is 75.3 Å². The fourth-order valence-corrected chi connectivity index (χ4v) is 3.40. The van der Waals surface area contributed by atoms with E-state index in [1.165, 1.54) is 12.1 Å². The number of carbonyl (C=O) groups excluding carboxylic acids is 1. The van der Waals surface area contributed by atoms with Crippen LogP contribution in [-0.4, -0.2) is 31.9 Å². The van der Waals surface area contributed by atoms with E-state index in [2.05, 4.69) is 10.6 Å². The Labute approximate surface area is 123 Å². The zero-order chi connectivity index (χ0) is 15.6. The Hall–Kier alpha value is -1.63. The molecule has 0 bridgehead atoms. The van der Waals surface area contributed by atoms with E-state index in [4.69, 9.17) is 0 Å². The second kappa shape index (κ2) is 6.01. The van der Waals surface area contributed by atoms with Gasteiger partial charge >= 0.3 is 0 Å². The number of benzene rings is 1. The van der Waals surface area contributed by atoms with Crippen LogP contribution >= 0.6 is 0 Å².